The van der Waals surface area contributed by atoms with E-state index in [0.29, 0.717) is 5.75 Å². The summed E-state index contributed by atoms with van der Waals surface area (Å²) in [5.41, 5.74) is 0. The van der Waals surface area contributed by atoms with E-state index in [-0.39, 0.29) is 5.75 Å². The van der Waals surface area contributed by atoms with Crippen molar-refractivity contribution in [2.24, 2.45) is 0 Å². The van der Waals surface area contributed by atoms with Gasteiger partial charge in [0.2, 0.25) is 0 Å². The van der Waals surface area contributed by atoms with Gasteiger partial charge in [0.25, 0.3) is 0 Å². The van der Waals surface area contributed by atoms with Gasteiger partial charge in [-0.3, -0.25) is 0 Å². The number of rotatable bonds is 2. The van der Waals surface area contributed by atoms with Crippen LogP contribution in [0.1, 0.15) is 0 Å². The van der Waals surface area contributed by atoms with E-state index in [1.54, 1.807) is 18.2 Å². The molecule has 0 saturated heterocycles. The Hall–Kier alpha value is -2.48. The Morgan fingerprint density at radius 1 is 0.722 bits per heavy atom. The summed E-state index contributed by atoms with van der Waals surface area (Å²) in [7, 11) is 0. The maximum absolute atomic E-state index is 9.66. The van der Waals surface area contributed by atoms with E-state index in [2.05, 4.69) is 6.07 Å². The van der Waals surface area contributed by atoms with Crippen LogP contribution in [0.5, 0.6) is 17.2 Å². The van der Waals surface area contributed by atoms with Crippen LogP contribution in [0.2, 0.25) is 0 Å². The van der Waals surface area contributed by atoms with Gasteiger partial charge in [0, 0.05) is 0 Å². The third-order valence-electron chi connectivity index (χ3n) is 2.81. The summed E-state index contributed by atoms with van der Waals surface area (Å²) in [6.45, 7) is 0. The quantitative estimate of drug-likeness (QED) is 0.717. The minimum Gasteiger partial charge on any atom is -0.504 e. The zero-order valence-corrected chi connectivity index (χ0v) is 9.71. The Morgan fingerprint density at radius 2 is 1.44 bits per heavy atom. The highest BCUT2D eigenvalue weighted by atomic mass is 16.5. The van der Waals surface area contributed by atoms with Gasteiger partial charge < -0.3 is 9.84 Å². The first-order chi connectivity index (χ1) is 8.83. The molecule has 0 amide bonds. The third-order valence-corrected chi connectivity index (χ3v) is 2.81. The van der Waals surface area contributed by atoms with E-state index >= 15 is 0 Å². The van der Waals surface area contributed by atoms with E-state index in [4.69, 9.17) is 4.74 Å². The van der Waals surface area contributed by atoms with Crippen LogP contribution in [0.4, 0.5) is 0 Å². The molecule has 2 nitrogen and oxygen atoms in total. The third kappa shape index (κ3) is 2.00. The average molecular weight is 236 g/mol. The molecule has 0 unspecified atom stereocenters. The normalized spacial score (nSPS) is 10.4. The van der Waals surface area contributed by atoms with Crippen molar-refractivity contribution >= 4 is 10.8 Å². The molecule has 3 aromatic rings. The van der Waals surface area contributed by atoms with Crippen molar-refractivity contribution in [2.75, 3.05) is 0 Å². The SMILES string of the molecule is Oc1ccccc1Oc1ccc2ccccc2c1. The fourth-order valence-electron chi connectivity index (χ4n) is 1.90. The molecule has 0 radical (unpaired) electrons. The molecule has 0 aliphatic heterocycles. The minimum atomic E-state index is 0.144. The van der Waals surface area contributed by atoms with E-state index in [0.717, 1.165) is 11.1 Å². The second kappa shape index (κ2) is 4.41. The van der Waals surface area contributed by atoms with Gasteiger partial charge in [-0.05, 0) is 35.0 Å². The Balaban J connectivity index is 1.98. The summed E-state index contributed by atoms with van der Waals surface area (Å²) in [6.07, 6.45) is 0. The van der Waals surface area contributed by atoms with Gasteiger partial charge in [-0.1, -0.05) is 42.5 Å². The second-order valence-corrected chi connectivity index (χ2v) is 4.08. The van der Waals surface area contributed by atoms with Gasteiger partial charge in [-0.15, -0.1) is 0 Å². The van der Waals surface area contributed by atoms with Crippen molar-refractivity contribution in [1.82, 2.24) is 0 Å². The summed E-state index contributed by atoms with van der Waals surface area (Å²) in [4.78, 5) is 0. The highest BCUT2D eigenvalue weighted by molar-refractivity contribution is 5.83. The Bertz CT molecular complexity index is 689. The smallest absolute Gasteiger partial charge is 0.169 e. The van der Waals surface area contributed by atoms with Gasteiger partial charge in [-0.25, -0.2) is 0 Å². The lowest BCUT2D eigenvalue weighted by Crippen LogP contribution is -1.84. The lowest BCUT2D eigenvalue weighted by molar-refractivity contribution is 0.411. The Morgan fingerprint density at radius 3 is 2.28 bits per heavy atom. The molecular weight excluding hydrogens is 224 g/mol. The standard InChI is InChI=1S/C16H12O2/c17-15-7-3-4-8-16(15)18-14-10-9-12-5-1-2-6-13(12)11-14/h1-11,17H. The first-order valence-electron chi connectivity index (χ1n) is 5.77. The van der Waals surface area contributed by atoms with Gasteiger partial charge >= 0.3 is 0 Å². The van der Waals surface area contributed by atoms with Crippen molar-refractivity contribution in [1.29, 1.82) is 0 Å². The molecule has 0 spiro atoms. The summed E-state index contributed by atoms with van der Waals surface area (Å²) in [5, 5.41) is 11.9. The number of hydrogen-bond acceptors (Lipinski definition) is 2. The Kier molecular flexibility index (Phi) is 2.61. The van der Waals surface area contributed by atoms with Crippen molar-refractivity contribution < 1.29 is 9.84 Å². The van der Waals surface area contributed by atoms with E-state index < -0.39 is 0 Å². The molecule has 18 heavy (non-hydrogen) atoms. The maximum Gasteiger partial charge on any atom is 0.169 e. The lowest BCUT2D eigenvalue weighted by Gasteiger charge is -2.08. The maximum atomic E-state index is 9.66. The molecule has 1 N–H and O–H groups in total. The monoisotopic (exact) mass is 236 g/mol. The summed E-state index contributed by atoms with van der Waals surface area (Å²) in [6, 6.07) is 20.9. The number of fused-ring (bicyclic) bond motifs is 1. The molecule has 0 aromatic heterocycles. The van der Waals surface area contributed by atoms with E-state index in [1.807, 2.05) is 42.5 Å². The molecular formula is C16H12O2. The van der Waals surface area contributed by atoms with Crippen LogP contribution in [0.25, 0.3) is 10.8 Å². The molecule has 3 rings (SSSR count). The number of phenols is 1. The molecule has 0 atom stereocenters. The number of ether oxygens (including phenoxy) is 1. The fourth-order valence-corrected chi connectivity index (χ4v) is 1.90. The molecule has 0 aliphatic rings. The molecule has 3 aromatic carbocycles. The van der Waals surface area contributed by atoms with Crippen molar-refractivity contribution in [2.45, 2.75) is 0 Å². The van der Waals surface area contributed by atoms with Gasteiger partial charge in [0.15, 0.2) is 11.5 Å². The summed E-state index contributed by atoms with van der Waals surface area (Å²) in [5.74, 6) is 1.33. The number of hydrogen-bond donors (Lipinski definition) is 1. The van der Waals surface area contributed by atoms with Crippen LogP contribution in [0.3, 0.4) is 0 Å². The lowest BCUT2D eigenvalue weighted by atomic mass is 10.1. The van der Waals surface area contributed by atoms with Gasteiger partial charge in [0.1, 0.15) is 5.75 Å². The minimum absolute atomic E-state index is 0.144. The van der Waals surface area contributed by atoms with Crippen molar-refractivity contribution in [3.63, 3.8) is 0 Å². The van der Waals surface area contributed by atoms with E-state index in [1.165, 1.54) is 5.39 Å². The summed E-state index contributed by atoms with van der Waals surface area (Å²) < 4.78 is 5.67. The first kappa shape index (κ1) is 10.7. The van der Waals surface area contributed by atoms with Gasteiger partial charge in [-0.2, -0.15) is 0 Å². The highest BCUT2D eigenvalue weighted by Gasteiger charge is 2.03. The largest absolute Gasteiger partial charge is 0.504 e. The van der Waals surface area contributed by atoms with Gasteiger partial charge in [0.05, 0.1) is 0 Å². The predicted octanol–water partition coefficient (Wildman–Crippen LogP) is 4.34. The molecule has 0 fully saturated rings. The number of phenolic OH excluding ortho intramolecular Hbond substituents is 1. The number of aromatic hydroxyl groups is 1. The van der Waals surface area contributed by atoms with Crippen LogP contribution in [-0.4, -0.2) is 5.11 Å². The zero-order valence-electron chi connectivity index (χ0n) is 9.71. The average Bonchev–Trinajstić information content (AvgIpc) is 2.41. The highest BCUT2D eigenvalue weighted by Crippen LogP contribution is 2.31. The second-order valence-electron chi connectivity index (χ2n) is 4.08. The fraction of sp³-hybridized carbons (Fsp3) is 0. The van der Waals surface area contributed by atoms with Crippen molar-refractivity contribution in [3.05, 3.63) is 66.7 Å². The molecule has 88 valence electrons. The summed E-state index contributed by atoms with van der Waals surface area (Å²) >= 11 is 0. The molecule has 0 bridgehead atoms. The predicted molar refractivity (Wildman–Crippen MR) is 72.1 cm³/mol. The van der Waals surface area contributed by atoms with Crippen molar-refractivity contribution in [3.8, 4) is 17.2 Å². The first-order valence-corrected chi connectivity index (χ1v) is 5.77. The van der Waals surface area contributed by atoms with Crippen LogP contribution in [0.15, 0.2) is 66.7 Å². The van der Waals surface area contributed by atoms with Crippen LogP contribution >= 0.6 is 0 Å². The zero-order chi connectivity index (χ0) is 12.4. The van der Waals surface area contributed by atoms with E-state index in [9.17, 15) is 5.11 Å². The van der Waals surface area contributed by atoms with Crippen LogP contribution in [0, 0.1) is 0 Å². The van der Waals surface area contributed by atoms with Crippen LogP contribution in [-0.2, 0) is 0 Å². The molecule has 0 aliphatic carbocycles. The molecule has 0 saturated carbocycles. The number of benzene rings is 3. The Labute approximate surface area is 105 Å². The van der Waals surface area contributed by atoms with Crippen LogP contribution < -0.4 is 4.74 Å². The topological polar surface area (TPSA) is 29.5 Å². The molecule has 0 heterocycles. The number of para-hydroxylation sites is 2. The molecule has 2 heteroatoms.